The van der Waals surface area contributed by atoms with Gasteiger partial charge in [0.1, 0.15) is 0 Å². The molecule has 0 radical (unpaired) electrons. The van der Waals surface area contributed by atoms with Gasteiger partial charge in [-0.2, -0.15) is 0 Å². The Morgan fingerprint density at radius 3 is 2.89 bits per heavy atom. The van der Waals surface area contributed by atoms with Crippen LogP contribution in [0.2, 0.25) is 0 Å². The second-order valence-electron chi connectivity index (χ2n) is 1.62. The predicted octanol–water partition coefficient (Wildman–Crippen LogP) is 1.22. The van der Waals surface area contributed by atoms with Gasteiger partial charge in [0, 0.05) is 14.2 Å². The van der Waals surface area contributed by atoms with E-state index in [1.807, 2.05) is 7.05 Å². The van der Waals surface area contributed by atoms with Gasteiger partial charge in [0.2, 0.25) is 0 Å². The van der Waals surface area contributed by atoms with Crippen LogP contribution in [0.25, 0.3) is 0 Å². The maximum absolute atomic E-state index is 3.60. The minimum absolute atomic E-state index is 0. The third-order valence-electron chi connectivity index (χ3n) is 0.900. The highest BCUT2D eigenvalue weighted by Gasteiger charge is 1.84. The summed E-state index contributed by atoms with van der Waals surface area (Å²) in [5.41, 5.74) is 1.05. The predicted molar refractivity (Wildman–Crippen MR) is 43.9 cm³/mol. The molecule has 0 aliphatic heterocycles. The highest BCUT2D eigenvalue weighted by molar-refractivity contribution is 5.28. The van der Waals surface area contributed by atoms with Crippen molar-refractivity contribution < 1.29 is 1.43 Å². The Balaban J connectivity index is 0. The van der Waals surface area contributed by atoms with Crippen LogP contribution in [0.15, 0.2) is 29.4 Å². The molecule has 0 fully saturated rings. The molecule has 2 heteroatoms. The minimum atomic E-state index is 0. The van der Waals surface area contributed by atoms with Gasteiger partial charge in [-0.3, -0.25) is 4.99 Å². The van der Waals surface area contributed by atoms with Gasteiger partial charge < -0.3 is 5.32 Å². The second-order valence-corrected chi connectivity index (χ2v) is 1.62. The lowest BCUT2D eigenvalue weighted by atomic mass is 10.3. The molecule has 0 rings (SSSR count). The van der Waals surface area contributed by atoms with Gasteiger partial charge in [0.15, 0.2) is 0 Å². The van der Waals surface area contributed by atoms with Crippen LogP contribution >= 0.6 is 0 Å². The maximum atomic E-state index is 3.60. The summed E-state index contributed by atoms with van der Waals surface area (Å²) in [4.78, 5) is 3.60. The summed E-state index contributed by atoms with van der Waals surface area (Å²) in [5, 5.41) is 2.98. The summed E-state index contributed by atoms with van der Waals surface area (Å²) in [6.07, 6.45) is 3.44. The van der Waals surface area contributed by atoms with Crippen LogP contribution in [-0.4, -0.2) is 20.3 Å². The van der Waals surface area contributed by atoms with E-state index in [0.717, 1.165) is 12.1 Å². The van der Waals surface area contributed by atoms with Gasteiger partial charge in [-0.25, -0.2) is 0 Å². The third-order valence-corrected chi connectivity index (χ3v) is 0.900. The van der Waals surface area contributed by atoms with Crippen molar-refractivity contribution in [2.75, 3.05) is 13.6 Å². The van der Waals surface area contributed by atoms with Crippen molar-refractivity contribution in [1.29, 1.82) is 0 Å². The van der Waals surface area contributed by atoms with Crippen molar-refractivity contribution in [1.82, 2.24) is 5.32 Å². The highest BCUT2D eigenvalue weighted by Crippen LogP contribution is 1.91. The standard InChI is InChI=1S/C7H12N2.H2/c1-4-7(5-8-2)6-9-3;/h4-5,9H,1-2,6H2,3H3;1H/b7-5+;. The molecule has 2 nitrogen and oxygen atoms in total. The molecule has 0 aromatic heterocycles. The molecule has 0 amide bonds. The van der Waals surface area contributed by atoms with Crippen LogP contribution in [0.3, 0.4) is 0 Å². The zero-order valence-corrected chi connectivity index (χ0v) is 5.72. The Bertz CT molecular complexity index is 130. The third kappa shape index (κ3) is 3.67. The fourth-order valence-corrected chi connectivity index (χ4v) is 0.492. The molecule has 0 aromatic rings. The Morgan fingerprint density at radius 1 is 1.89 bits per heavy atom. The smallest absolute Gasteiger partial charge is 0.0305 e. The van der Waals surface area contributed by atoms with E-state index in [4.69, 9.17) is 0 Å². The number of rotatable bonds is 4. The average Bonchev–Trinajstić information content (AvgIpc) is 1.88. The number of nitrogens with zero attached hydrogens (tertiary/aromatic N) is 1. The molecule has 9 heavy (non-hydrogen) atoms. The van der Waals surface area contributed by atoms with Crippen molar-refractivity contribution in [3.63, 3.8) is 0 Å². The summed E-state index contributed by atoms with van der Waals surface area (Å²) in [6, 6.07) is 0. The van der Waals surface area contributed by atoms with E-state index in [-0.39, 0.29) is 1.43 Å². The normalized spacial score (nSPS) is 11.0. The molecular formula is C7H14N2. The van der Waals surface area contributed by atoms with Crippen molar-refractivity contribution in [3.05, 3.63) is 24.4 Å². The van der Waals surface area contributed by atoms with Crippen molar-refractivity contribution >= 4 is 6.72 Å². The first kappa shape index (κ1) is 8.11. The summed E-state index contributed by atoms with van der Waals surface area (Å²) in [6.45, 7) is 7.73. The Hall–Kier alpha value is -0.890. The summed E-state index contributed by atoms with van der Waals surface area (Å²) in [7, 11) is 1.88. The number of aliphatic imine (C=N–C) groups is 1. The molecule has 0 atom stereocenters. The molecule has 0 bridgehead atoms. The van der Waals surface area contributed by atoms with Crippen LogP contribution in [0, 0.1) is 0 Å². The van der Waals surface area contributed by atoms with E-state index in [9.17, 15) is 0 Å². The first-order valence-electron chi connectivity index (χ1n) is 2.77. The lowest BCUT2D eigenvalue weighted by Gasteiger charge is -1.95. The van der Waals surface area contributed by atoms with Crippen LogP contribution in [0.4, 0.5) is 0 Å². The van der Waals surface area contributed by atoms with E-state index >= 15 is 0 Å². The number of likely N-dealkylation sites (N-methyl/N-ethyl adjacent to an activating group) is 1. The zero-order chi connectivity index (χ0) is 7.11. The Labute approximate surface area is 57.5 Å². The molecule has 0 saturated heterocycles. The molecule has 52 valence electrons. The summed E-state index contributed by atoms with van der Waals surface area (Å²) in [5.74, 6) is 0. The van der Waals surface area contributed by atoms with Crippen LogP contribution in [-0.2, 0) is 0 Å². The van der Waals surface area contributed by atoms with Crippen LogP contribution < -0.4 is 5.32 Å². The molecule has 0 heterocycles. The number of hydrogen-bond donors (Lipinski definition) is 1. The van der Waals surface area contributed by atoms with E-state index in [1.165, 1.54) is 0 Å². The van der Waals surface area contributed by atoms with Gasteiger partial charge >= 0.3 is 0 Å². The maximum Gasteiger partial charge on any atom is 0.0305 e. The van der Waals surface area contributed by atoms with Crippen molar-refractivity contribution in [3.8, 4) is 0 Å². The Kier molecular flexibility index (Phi) is 4.73. The first-order chi connectivity index (χ1) is 4.35. The quantitative estimate of drug-likeness (QED) is 0.444. The van der Waals surface area contributed by atoms with Crippen molar-refractivity contribution in [2.45, 2.75) is 0 Å². The lowest BCUT2D eigenvalue weighted by molar-refractivity contribution is 0.893. The molecular weight excluding hydrogens is 112 g/mol. The van der Waals surface area contributed by atoms with E-state index in [2.05, 4.69) is 23.6 Å². The van der Waals surface area contributed by atoms with Crippen LogP contribution in [0.5, 0.6) is 0 Å². The molecule has 0 aromatic carbocycles. The molecule has 0 aliphatic carbocycles. The summed E-state index contributed by atoms with van der Waals surface area (Å²) < 4.78 is 0. The number of nitrogens with one attached hydrogen (secondary N) is 1. The van der Waals surface area contributed by atoms with Gasteiger partial charge in [0.05, 0.1) is 0 Å². The molecule has 0 unspecified atom stereocenters. The first-order valence-corrected chi connectivity index (χ1v) is 2.77. The number of hydrogen-bond acceptors (Lipinski definition) is 2. The van der Waals surface area contributed by atoms with Gasteiger partial charge in [-0.05, 0) is 19.3 Å². The fourth-order valence-electron chi connectivity index (χ4n) is 0.492. The van der Waals surface area contributed by atoms with Crippen molar-refractivity contribution in [2.24, 2.45) is 4.99 Å². The minimum Gasteiger partial charge on any atom is -0.316 e. The molecule has 0 aliphatic rings. The fraction of sp³-hybridized carbons (Fsp3) is 0.286. The van der Waals surface area contributed by atoms with E-state index < -0.39 is 0 Å². The van der Waals surface area contributed by atoms with Gasteiger partial charge in [-0.1, -0.05) is 12.7 Å². The lowest BCUT2D eigenvalue weighted by Crippen LogP contribution is -2.08. The molecule has 0 spiro atoms. The zero-order valence-electron chi connectivity index (χ0n) is 5.72. The second kappa shape index (κ2) is 5.25. The molecule has 1 N–H and O–H groups in total. The van der Waals surface area contributed by atoms with Gasteiger partial charge in [0.25, 0.3) is 0 Å². The highest BCUT2D eigenvalue weighted by atomic mass is 14.8. The SMILES string of the molecule is C=C/C(=C\N=C)CNC.[HH]. The molecule has 0 saturated carbocycles. The van der Waals surface area contributed by atoms with E-state index in [1.54, 1.807) is 12.3 Å². The summed E-state index contributed by atoms with van der Waals surface area (Å²) >= 11 is 0. The topological polar surface area (TPSA) is 24.4 Å². The van der Waals surface area contributed by atoms with Gasteiger partial charge in [-0.15, -0.1) is 0 Å². The largest absolute Gasteiger partial charge is 0.316 e. The Morgan fingerprint density at radius 2 is 2.56 bits per heavy atom. The monoisotopic (exact) mass is 126 g/mol. The van der Waals surface area contributed by atoms with Crippen LogP contribution in [0.1, 0.15) is 1.43 Å². The van der Waals surface area contributed by atoms with E-state index in [0.29, 0.717) is 0 Å². The average molecular weight is 126 g/mol.